The maximum Gasteiger partial charge on any atom is 0.303 e. The van der Waals surface area contributed by atoms with Crippen LogP contribution >= 0.6 is 0 Å². The lowest BCUT2D eigenvalue weighted by Crippen LogP contribution is -1.97. The van der Waals surface area contributed by atoms with Crippen molar-refractivity contribution in [1.29, 1.82) is 0 Å². The topological polar surface area (TPSA) is 57.5 Å². The third kappa shape index (κ3) is 7.66. The van der Waals surface area contributed by atoms with Crippen molar-refractivity contribution in [2.45, 2.75) is 58.0 Å². The van der Waals surface area contributed by atoms with E-state index >= 15 is 0 Å². The zero-order chi connectivity index (χ0) is 15.5. The van der Waals surface area contributed by atoms with Gasteiger partial charge in [0.15, 0.2) is 0 Å². The minimum Gasteiger partial charge on any atom is -0.481 e. The fourth-order valence-electron chi connectivity index (χ4n) is 2.21. The van der Waals surface area contributed by atoms with E-state index in [1.165, 1.54) is 0 Å². The quantitative estimate of drug-likeness (QED) is 0.621. The summed E-state index contributed by atoms with van der Waals surface area (Å²) in [6.07, 6.45) is 9.38. The van der Waals surface area contributed by atoms with Gasteiger partial charge in [0.1, 0.15) is 0 Å². The smallest absolute Gasteiger partial charge is 0.303 e. The molecule has 0 aliphatic heterocycles. The van der Waals surface area contributed by atoms with Crippen molar-refractivity contribution in [2.24, 2.45) is 0 Å². The lowest BCUT2D eigenvalue weighted by atomic mass is 10.0. The van der Waals surface area contributed by atoms with Crippen LogP contribution in [0.3, 0.4) is 0 Å². The number of benzene rings is 1. The van der Waals surface area contributed by atoms with Crippen LogP contribution < -0.4 is 0 Å². The third-order valence-electron chi connectivity index (χ3n) is 3.45. The zero-order valence-electron chi connectivity index (χ0n) is 12.8. The van der Waals surface area contributed by atoms with Crippen LogP contribution in [-0.2, 0) is 4.79 Å². The average Bonchev–Trinajstić information content (AvgIpc) is 2.47. The van der Waals surface area contributed by atoms with Gasteiger partial charge < -0.3 is 10.2 Å². The second-order valence-corrected chi connectivity index (χ2v) is 5.37. The van der Waals surface area contributed by atoms with Gasteiger partial charge in [0.05, 0.1) is 6.10 Å². The highest BCUT2D eigenvalue weighted by Crippen LogP contribution is 2.21. The summed E-state index contributed by atoms with van der Waals surface area (Å²) in [6, 6.07) is 7.91. The van der Waals surface area contributed by atoms with Crippen LogP contribution in [-0.4, -0.2) is 16.2 Å². The minimum absolute atomic E-state index is 0.209. The zero-order valence-corrected chi connectivity index (χ0v) is 12.8. The number of aliphatic hydroxyl groups is 1. The molecule has 2 N–H and O–H groups in total. The van der Waals surface area contributed by atoms with E-state index < -0.39 is 12.1 Å². The molecule has 3 heteroatoms. The third-order valence-corrected chi connectivity index (χ3v) is 3.45. The number of carboxylic acids is 1. The van der Waals surface area contributed by atoms with Crippen molar-refractivity contribution in [3.8, 4) is 0 Å². The molecule has 0 aliphatic rings. The van der Waals surface area contributed by atoms with E-state index in [1.807, 2.05) is 36.4 Å². The number of allylic oxidation sites excluding steroid dienone is 1. The van der Waals surface area contributed by atoms with Crippen molar-refractivity contribution in [2.75, 3.05) is 0 Å². The van der Waals surface area contributed by atoms with E-state index in [9.17, 15) is 9.90 Å². The fraction of sp³-hybridized carbons (Fsp3) is 0.500. The summed E-state index contributed by atoms with van der Waals surface area (Å²) in [5, 5.41) is 18.7. The highest BCUT2D eigenvalue weighted by Gasteiger charge is 2.06. The molecule has 0 radical (unpaired) electrons. The summed E-state index contributed by atoms with van der Waals surface area (Å²) in [5.74, 6) is -0.749. The highest BCUT2D eigenvalue weighted by atomic mass is 16.4. The average molecular weight is 290 g/mol. The Balaban J connectivity index is 2.47. The number of carbonyl (C=O) groups is 1. The molecule has 0 bridgehead atoms. The number of aliphatic hydroxyl groups excluding tert-OH is 1. The molecule has 0 spiro atoms. The number of hydrogen-bond donors (Lipinski definition) is 2. The van der Waals surface area contributed by atoms with E-state index in [4.69, 9.17) is 5.11 Å². The lowest BCUT2D eigenvalue weighted by Gasteiger charge is -2.11. The molecular formula is C18H26O3. The van der Waals surface area contributed by atoms with Gasteiger partial charge in [-0.15, -0.1) is 0 Å². The second kappa shape index (κ2) is 10.2. The predicted octanol–water partition coefficient (Wildman–Crippen LogP) is 4.57. The summed E-state index contributed by atoms with van der Waals surface area (Å²) >= 11 is 0. The molecule has 116 valence electrons. The summed E-state index contributed by atoms with van der Waals surface area (Å²) in [4.78, 5) is 10.4. The number of hydrogen-bond acceptors (Lipinski definition) is 2. The molecule has 0 heterocycles. The van der Waals surface area contributed by atoms with Crippen molar-refractivity contribution < 1.29 is 15.0 Å². The van der Waals surface area contributed by atoms with E-state index in [1.54, 1.807) is 0 Å². The molecule has 1 unspecified atom stereocenters. The molecule has 0 saturated carbocycles. The summed E-state index contributed by atoms with van der Waals surface area (Å²) in [6.45, 7) is 2.15. The summed E-state index contributed by atoms with van der Waals surface area (Å²) in [7, 11) is 0. The van der Waals surface area contributed by atoms with Gasteiger partial charge in [-0.1, -0.05) is 56.5 Å². The fourth-order valence-corrected chi connectivity index (χ4v) is 2.21. The van der Waals surface area contributed by atoms with Gasteiger partial charge in [0, 0.05) is 6.42 Å². The second-order valence-electron chi connectivity index (χ2n) is 5.37. The van der Waals surface area contributed by atoms with Crippen LogP contribution in [0.4, 0.5) is 0 Å². The summed E-state index contributed by atoms with van der Waals surface area (Å²) < 4.78 is 0. The molecular weight excluding hydrogens is 264 g/mol. The van der Waals surface area contributed by atoms with Crippen molar-refractivity contribution in [1.82, 2.24) is 0 Å². The Labute approximate surface area is 127 Å². The Morgan fingerprint density at radius 2 is 2.10 bits per heavy atom. The van der Waals surface area contributed by atoms with Gasteiger partial charge in [-0.25, -0.2) is 0 Å². The number of carboxylic acid groups (broad SMARTS) is 1. The molecule has 21 heavy (non-hydrogen) atoms. The number of rotatable bonds is 10. The molecule has 0 saturated heterocycles. The highest BCUT2D eigenvalue weighted by molar-refractivity contribution is 5.66. The molecule has 3 nitrogen and oxygen atoms in total. The van der Waals surface area contributed by atoms with Crippen molar-refractivity contribution in [3.63, 3.8) is 0 Å². The van der Waals surface area contributed by atoms with Crippen LogP contribution in [0.15, 0.2) is 30.3 Å². The standard InChI is InChI=1S/C18H26O3/c1-2-3-5-12-17(19)16-11-8-10-15(14-16)9-6-4-7-13-18(20)21/h6,8-11,14,17,19H,2-5,7,12-13H2,1H3,(H,20,21)/b9-6+. The monoisotopic (exact) mass is 290 g/mol. The molecule has 0 aromatic heterocycles. The van der Waals surface area contributed by atoms with Gasteiger partial charge in [-0.3, -0.25) is 4.79 Å². The van der Waals surface area contributed by atoms with E-state index in [0.717, 1.165) is 43.2 Å². The Bertz CT molecular complexity index is 452. The van der Waals surface area contributed by atoms with Crippen LogP contribution in [0, 0.1) is 0 Å². The first-order valence-electron chi connectivity index (χ1n) is 7.80. The summed E-state index contributed by atoms with van der Waals surface area (Å²) in [5.41, 5.74) is 2.01. The Morgan fingerprint density at radius 3 is 2.81 bits per heavy atom. The van der Waals surface area contributed by atoms with Crippen LogP contribution in [0.1, 0.15) is 69.1 Å². The Morgan fingerprint density at radius 1 is 1.29 bits per heavy atom. The normalized spacial score (nSPS) is 12.7. The maximum absolute atomic E-state index is 10.4. The maximum atomic E-state index is 10.4. The number of unbranched alkanes of at least 4 members (excludes halogenated alkanes) is 3. The van der Waals surface area contributed by atoms with Crippen LogP contribution in [0.2, 0.25) is 0 Å². The molecule has 0 aliphatic carbocycles. The van der Waals surface area contributed by atoms with Crippen molar-refractivity contribution in [3.05, 3.63) is 41.5 Å². The first-order chi connectivity index (χ1) is 10.1. The van der Waals surface area contributed by atoms with E-state index in [-0.39, 0.29) is 6.42 Å². The molecule has 0 amide bonds. The molecule has 1 atom stereocenters. The van der Waals surface area contributed by atoms with Gasteiger partial charge in [0.25, 0.3) is 0 Å². The van der Waals surface area contributed by atoms with E-state index in [0.29, 0.717) is 6.42 Å². The van der Waals surface area contributed by atoms with Gasteiger partial charge in [0.2, 0.25) is 0 Å². The van der Waals surface area contributed by atoms with Crippen molar-refractivity contribution >= 4 is 12.0 Å². The molecule has 1 aromatic carbocycles. The molecule has 0 fully saturated rings. The van der Waals surface area contributed by atoms with Crippen LogP contribution in [0.5, 0.6) is 0 Å². The van der Waals surface area contributed by atoms with Gasteiger partial charge in [-0.05, 0) is 36.5 Å². The van der Waals surface area contributed by atoms with E-state index in [2.05, 4.69) is 6.92 Å². The van der Waals surface area contributed by atoms with Gasteiger partial charge in [-0.2, -0.15) is 0 Å². The predicted molar refractivity (Wildman–Crippen MR) is 86.1 cm³/mol. The lowest BCUT2D eigenvalue weighted by molar-refractivity contribution is -0.137. The minimum atomic E-state index is -0.749. The molecule has 1 aromatic rings. The first kappa shape index (κ1) is 17.4. The largest absolute Gasteiger partial charge is 0.481 e. The Kier molecular flexibility index (Phi) is 8.44. The van der Waals surface area contributed by atoms with Crippen LogP contribution in [0.25, 0.3) is 6.08 Å². The SMILES string of the molecule is CCCCCC(O)c1cccc(/C=C/CCCC(=O)O)c1. The number of aliphatic carboxylic acids is 1. The Hall–Kier alpha value is -1.61. The van der Waals surface area contributed by atoms with Gasteiger partial charge >= 0.3 is 5.97 Å². The molecule has 1 rings (SSSR count). The first-order valence-corrected chi connectivity index (χ1v) is 7.80.